The predicted octanol–water partition coefficient (Wildman–Crippen LogP) is 3.40. The van der Waals surface area contributed by atoms with Crippen molar-refractivity contribution in [3.05, 3.63) is 64.7 Å². The molecule has 3 aliphatic rings. The number of hydrogen-bond donors (Lipinski definition) is 1. The van der Waals surface area contributed by atoms with E-state index in [0.29, 0.717) is 0 Å². The van der Waals surface area contributed by atoms with Gasteiger partial charge in [0, 0.05) is 26.7 Å². The number of carbonyl (C=O) groups excluding carboxylic acids is 2. The van der Waals surface area contributed by atoms with Gasteiger partial charge in [0.1, 0.15) is 6.04 Å². The summed E-state index contributed by atoms with van der Waals surface area (Å²) >= 11 is 0. The monoisotopic (exact) mass is 552 g/mol. The van der Waals surface area contributed by atoms with Crippen LogP contribution < -0.4 is 5.32 Å². The molecule has 0 unspecified atom stereocenters. The third kappa shape index (κ3) is 6.21. The zero-order valence-corrected chi connectivity index (χ0v) is 23.9. The summed E-state index contributed by atoms with van der Waals surface area (Å²) in [6.45, 7) is 5.61. The molecule has 210 valence electrons. The van der Waals surface area contributed by atoms with Crippen molar-refractivity contribution in [2.75, 3.05) is 33.2 Å². The molecular weight excluding hydrogens is 512 g/mol. The summed E-state index contributed by atoms with van der Waals surface area (Å²) in [4.78, 5) is 30.6. The minimum atomic E-state index is -3.93. The number of sulfonamides is 1. The molecule has 0 radical (unpaired) electrons. The summed E-state index contributed by atoms with van der Waals surface area (Å²) < 4.78 is 28.2. The van der Waals surface area contributed by atoms with Crippen molar-refractivity contribution >= 4 is 21.8 Å². The van der Waals surface area contributed by atoms with Gasteiger partial charge in [-0.25, -0.2) is 8.42 Å². The lowest BCUT2D eigenvalue weighted by atomic mass is 9.86. The lowest BCUT2D eigenvalue weighted by Crippen LogP contribution is -2.58. The zero-order chi connectivity index (χ0) is 27.6. The van der Waals surface area contributed by atoms with E-state index in [4.69, 9.17) is 0 Å². The Morgan fingerprint density at radius 1 is 0.974 bits per heavy atom. The molecule has 0 saturated carbocycles. The van der Waals surface area contributed by atoms with Crippen LogP contribution in [0.2, 0.25) is 0 Å². The first-order valence-electron chi connectivity index (χ1n) is 14.2. The molecule has 1 aliphatic carbocycles. The SMILES string of the molecule is Cc1ccc(S(=O)(=O)N2CCN(C)C(=O)[C@H]2CC(=O)N[C@@H]2CCCc3cc(CN4CCCCC4)ccc32)cc1. The Kier molecular flexibility index (Phi) is 8.40. The van der Waals surface area contributed by atoms with Crippen LogP contribution in [0.4, 0.5) is 0 Å². The van der Waals surface area contributed by atoms with Gasteiger partial charge in [0.25, 0.3) is 0 Å². The van der Waals surface area contributed by atoms with E-state index in [1.54, 1.807) is 31.3 Å². The van der Waals surface area contributed by atoms with Crippen molar-refractivity contribution in [2.45, 2.75) is 75.4 Å². The van der Waals surface area contributed by atoms with Gasteiger partial charge in [-0.3, -0.25) is 14.5 Å². The van der Waals surface area contributed by atoms with Crippen molar-refractivity contribution in [1.82, 2.24) is 19.4 Å². The zero-order valence-electron chi connectivity index (χ0n) is 23.1. The van der Waals surface area contributed by atoms with Gasteiger partial charge in [0.05, 0.1) is 17.4 Å². The van der Waals surface area contributed by atoms with Crippen molar-refractivity contribution in [3.8, 4) is 0 Å². The van der Waals surface area contributed by atoms with Crippen LogP contribution in [-0.2, 0) is 32.6 Å². The lowest BCUT2D eigenvalue weighted by Gasteiger charge is -2.38. The Morgan fingerprint density at radius 3 is 2.46 bits per heavy atom. The van der Waals surface area contributed by atoms with Crippen molar-refractivity contribution < 1.29 is 18.0 Å². The number of likely N-dealkylation sites (N-methyl/N-ethyl adjacent to an activating group) is 1. The summed E-state index contributed by atoms with van der Waals surface area (Å²) in [5.74, 6) is -0.651. The first kappa shape index (κ1) is 27.8. The Hall–Kier alpha value is -2.75. The Labute approximate surface area is 232 Å². The number of piperazine rings is 1. The van der Waals surface area contributed by atoms with E-state index in [9.17, 15) is 18.0 Å². The molecule has 2 heterocycles. The summed E-state index contributed by atoms with van der Waals surface area (Å²) in [5.41, 5.74) is 4.67. The van der Waals surface area contributed by atoms with Crippen LogP contribution >= 0.6 is 0 Å². The first-order valence-corrected chi connectivity index (χ1v) is 15.6. The van der Waals surface area contributed by atoms with Crippen LogP contribution in [-0.4, -0.2) is 73.6 Å². The van der Waals surface area contributed by atoms with Crippen LogP contribution in [0.15, 0.2) is 47.4 Å². The van der Waals surface area contributed by atoms with E-state index in [2.05, 4.69) is 28.4 Å². The fraction of sp³-hybridized carbons (Fsp3) is 0.533. The molecule has 1 N–H and O–H groups in total. The summed E-state index contributed by atoms with van der Waals surface area (Å²) in [7, 11) is -2.27. The molecule has 9 heteroatoms. The van der Waals surface area contributed by atoms with E-state index >= 15 is 0 Å². The van der Waals surface area contributed by atoms with Crippen LogP contribution in [0.5, 0.6) is 0 Å². The fourth-order valence-electron chi connectivity index (χ4n) is 6.14. The number of fused-ring (bicyclic) bond motifs is 1. The van der Waals surface area contributed by atoms with Crippen molar-refractivity contribution in [1.29, 1.82) is 0 Å². The molecule has 2 atom stereocenters. The second kappa shape index (κ2) is 11.8. The van der Waals surface area contributed by atoms with Crippen molar-refractivity contribution in [2.24, 2.45) is 0 Å². The number of carbonyl (C=O) groups is 2. The van der Waals surface area contributed by atoms with E-state index in [1.165, 1.54) is 39.6 Å². The van der Waals surface area contributed by atoms with E-state index in [1.807, 2.05) is 6.92 Å². The normalized spacial score (nSPS) is 22.9. The average molecular weight is 553 g/mol. The maximum Gasteiger partial charge on any atom is 0.243 e. The van der Waals surface area contributed by atoms with Crippen LogP contribution in [0.1, 0.15) is 66.8 Å². The van der Waals surface area contributed by atoms with Crippen molar-refractivity contribution in [3.63, 3.8) is 0 Å². The van der Waals surface area contributed by atoms with Crippen LogP contribution in [0.25, 0.3) is 0 Å². The quantitative estimate of drug-likeness (QED) is 0.569. The van der Waals surface area contributed by atoms with Gasteiger partial charge in [0.2, 0.25) is 21.8 Å². The molecule has 5 rings (SSSR count). The van der Waals surface area contributed by atoms with E-state index in [0.717, 1.165) is 50.0 Å². The highest BCUT2D eigenvalue weighted by Gasteiger charge is 2.42. The van der Waals surface area contributed by atoms with Gasteiger partial charge in [0.15, 0.2) is 0 Å². The number of rotatable bonds is 7. The van der Waals surface area contributed by atoms with E-state index in [-0.39, 0.29) is 42.3 Å². The standard InChI is InChI=1S/C30H40N4O4S/c1-22-9-12-25(13-10-22)39(37,38)34-18-17-32(2)30(36)28(34)20-29(35)31-27-8-6-7-24-19-23(11-14-26(24)27)21-33-15-4-3-5-16-33/h9-14,19,27-28H,3-8,15-18,20-21H2,1-2H3,(H,31,35)/t27-,28-/m1/s1. The lowest BCUT2D eigenvalue weighted by molar-refractivity contribution is -0.140. The molecule has 0 aromatic heterocycles. The molecule has 2 aromatic carbocycles. The molecule has 0 bridgehead atoms. The third-order valence-corrected chi connectivity index (χ3v) is 10.3. The van der Waals surface area contributed by atoms with Crippen LogP contribution in [0.3, 0.4) is 0 Å². The maximum atomic E-state index is 13.5. The summed E-state index contributed by atoms with van der Waals surface area (Å²) in [6.07, 6.45) is 6.44. The molecular formula is C30H40N4O4S. The predicted molar refractivity (Wildman–Crippen MR) is 151 cm³/mol. The molecule has 2 amide bonds. The highest BCUT2D eigenvalue weighted by molar-refractivity contribution is 7.89. The van der Waals surface area contributed by atoms with Gasteiger partial charge in [-0.1, -0.05) is 42.3 Å². The molecule has 39 heavy (non-hydrogen) atoms. The van der Waals surface area contributed by atoms with Gasteiger partial charge < -0.3 is 10.2 Å². The Morgan fingerprint density at radius 2 is 1.72 bits per heavy atom. The number of benzene rings is 2. The molecule has 2 fully saturated rings. The van der Waals surface area contributed by atoms with Crippen LogP contribution in [0, 0.1) is 6.92 Å². The van der Waals surface area contributed by atoms with Gasteiger partial charge in [-0.15, -0.1) is 0 Å². The first-order chi connectivity index (χ1) is 18.7. The largest absolute Gasteiger partial charge is 0.349 e. The average Bonchev–Trinajstić information content (AvgIpc) is 2.92. The number of nitrogens with one attached hydrogen (secondary N) is 1. The third-order valence-electron chi connectivity index (χ3n) is 8.38. The highest BCUT2D eigenvalue weighted by atomic mass is 32.2. The smallest absolute Gasteiger partial charge is 0.243 e. The summed E-state index contributed by atoms with van der Waals surface area (Å²) in [6, 6.07) is 12.0. The number of aryl methyl sites for hydroxylation is 2. The molecule has 0 spiro atoms. The number of amides is 2. The molecule has 2 aromatic rings. The van der Waals surface area contributed by atoms with Gasteiger partial charge >= 0.3 is 0 Å². The minimum absolute atomic E-state index is 0.135. The van der Waals surface area contributed by atoms with E-state index < -0.39 is 16.1 Å². The highest BCUT2D eigenvalue weighted by Crippen LogP contribution is 2.32. The number of hydrogen-bond acceptors (Lipinski definition) is 5. The number of piperidine rings is 1. The van der Waals surface area contributed by atoms with Gasteiger partial charge in [-0.2, -0.15) is 4.31 Å². The topological polar surface area (TPSA) is 90.0 Å². The molecule has 2 aliphatic heterocycles. The Balaban J connectivity index is 1.29. The maximum absolute atomic E-state index is 13.5. The Bertz CT molecular complexity index is 1300. The number of likely N-dealkylation sites (tertiary alicyclic amines) is 1. The second-order valence-electron chi connectivity index (χ2n) is 11.3. The fourth-order valence-corrected chi connectivity index (χ4v) is 7.71. The second-order valence-corrected chi connectivity index (χ2v) is 13.2. The summed E-state index contributed by atoms with van der Waals surface area (Å²) in [5, 5.41) is 3.14. The molecule has 2 saturated heterocycles. The number of nitrogens with zero attached hydrogens (tertiary/aromatic N) is 3. The molecule has 8 nitrogen and oxygen atoms in total. The minimum Gasteiger partial charge on any atom is -0.349 e. The van der Waals surface area contributed by atoms with Gasteiger partial charge in [-0.05, 0) is 80.9 Å².